The summed E-state index contributed by atoms with van der Waals surface area (Å²) in [5.41, 5.74) is 1.53. The Hall–Kier alpha value is -2.77. The first-order valence-electron chi connectivity index (χ1n) is 7.98. The van der Waals surface area contributed by atoms with Gasteiger partial charge in [0.25, 0.3) is 5.82 Å². The van der Waals surface area contributed by atoms with Crippen LogP contribution in [0.4, 0.5) is 5.69 Å². The Morgan fingerprint density at radius 1 is 1.38 bits per heavy atom. The van der Waals surface area contributed by atoms with Crippen LogP contribution >= 0.6 is 0 Å². The molecule has 0 N–H and O–H groups in total. The average molecular weight is 374 g/mol. The number of fused-ring (bicyclic) bond motifs is 1. The molecule has 1 aromatic carbocycles. The summed E-state index contributed by atoms with van der Waals surface area (Å²) < 4.78 is 27.1. The van der Waals surface area contributed by atoms with Crippen molar-refractivity contribution in [2.45, 2.75) is 24.3 Å². The van der Waals surface area contributed by atoms with Crippen LogP contribution in [-0.2, 0) is 27.8 Å². The van der Waals surface area contributed by atoms with Gasteiger partial charge in [-0.1, -0.05) is 0 Å². The van der Waals surface area contributed by atoms with E-state index >= 15 is 0 Å². The lowest BCUT2D eigenvalue weighted by molar-refractivity contribution is -0.119. The van der Waals surface area contributed by atoms with Crippen molar-refractivity contribution >= 4 is 21.6 Å². The number of benzene rings is 1. The van der Waals surface area contributed by atoms with E-state index in [1.807, 2.05) is 6.07 Å². The molecule has 0 spiro atoms. The number of aryl methyl sites for hydroxylation is 1. The molecular formula is C16H18N6O3S. The molecule has 0 saturated heterocycles. The maximum atomic E-state index is 12.6. The number of sulfonamides is 1. The molecule has 2 aromatic rings. The molecule has 26 heavy (non-hydrogen) atoms. The van der Waals surface area contributed by atoms with Crippen molar-refractivity contribution in [3.8, 4) is 6.07 Å². The highest BCUT2D eigenvalue weighted by molar-refractivity contribution is 7.89. The molecule has 0 aliphatic carbocycles. The van der Waals surface area contributed by atoms with Gasteiger partial charge in [0, 0.05) is 26.3 Å². The molecule has 1 aliphatic heterocycles. The van der Waals surface area contributed by atoms with Gasteiger partial charge in [0.1, 0.15) is 18.9 Å². The largest absolute Gasteiger partial charge is 0.311 e. The lowest BCUT2D eigenvalue weighted by Gasteiger charge is -2.30. The summed E-state index contributed by atoms with van der Waals surface area (Å²) in [7, 11) is -0.551. The molecule has 0 bridgehead atoms. The molecular weight excluding hydrogens is 356 g/mol. The number of hydrogen-bond acceptors (Lipinski definition) is 6. The van der Waals surface area contributed by atoms with E-state index in [9.17, 15) is 13.2 Å². The minimum absolute atomic E-state index is 0.00961. The molecule has 1 aliphatic rings. The Kier molecular flexibility index (Phi) is 4.76. The van der Waals surface area contributed by atoms with Crippen LogP contribution in [0.5, 0.6) is 0 Å². The molecule has 1 amide bonds. The molecule has 1 aromatic heterocycles. The van der Waals surface area contributed by atoms with E-state index in [0.29, 0.717) is 18.7 Å². The topological polar surface area (TPSA) is 112 Å². The van der Waals surface area contributed by atoms with E-state index < -0.39 is 10.0 Å². The fourth-order valence-electron chi connectivity index (χ4n) is 2.85. The maximum Gasteiger partial charge on any atom is 0.252 e. The van der Waals surface area contributed by atoms with Crippen LogP contribution in [0.15, 0.2) is 29.4 Å². The summed E-state index contributed by atoms with van der Waals surface area (Å²) in [4.78, 5) is 18.3. The highest BCUT2D eigenvalue weighted by Crippen LogP contribution is 2.30. The Bertz CT molecular complexity index is 990. The number of amides is 1. The number of nitrogens with zero attached hydrogens (tertiary/aromatic N) is 6. The number of anilines is 1. The zero-order valence-electron chi connectivity index (χ0n) is 14.5. The smallest absolute Gasteiger partial charge is 0.252 e. The Morgan fingerprint density at radius 3 is 2.81 bits per heavy atom. The molecule has 3 rings (SSSR count). The van der Waals surface area contributed by atoms with Crippen LogP contribution in [0.1, 0.15) is 17.8 Å². The molecule has 0 atom stereocenters. The lowest BCUT2D eigenvalue weighted by atomic mass is 10.0. The fraction of sp³-hybridized carbons (Fsp3) is 0.375. The van der Waals surface area contributed by atoms with E-state index in [-0.39, 0.29) is 23.2 Å². The number of hydrogen-bond donors (Lipinski definition) is 0. The molecule has 2 heterocycles. The summed E-state index contributed by atoms with van der Waals surface area (Å²) in [5.74, 6) is -0.182. The van der Waals surface area contributed by atoms with Crippen LogP contribution in [0.3, 0.4) is 0 Å². The zero-order valence-corrected chi connectivity index (χ0v) is 15.3. The SMILES string of the molecule is CN(C)S(=O)(=O)c1ccc2c(c1)CCCN2C(=O)Cn1cnc(C#N)n1. The molecule has 10 heteroatoms. The predicted molar refractivity (Wildman–Crippen MR) is 92.7 cm³/mol. The summed E-state index contributed by atoms with van der Waals surface area (Å²) in [5, 5.41) is 12.7. The van der Waals surface area contributed by atoms with E-state index in [1.165, 1.54) is 31.2 Å². The van der Waals surface area contributed by atoms with Gasteiger partial charge in [-0.2, -0.15) is 5.26 Å². The molecule has 9 nitrogen and oxygen atoms in total. The zero-order chi connectivity index (χ0) is 18.9. The predicted octanol–water partition coefficient (Wildman–Crippen LogP) is 0.379. The second-order valence-electron chi connectivity index (χ2n) is 6.10. The third-order valence-electron chi connectivity index (χ3n) is 4.18. The van der Waals surface area contributed by atoms with E-state index in [2.05, 4.69) is 10.1 Å². The van der Waals surface area contributed by atoms with Gasteiger partial charge in [-0.05, 0) is 36.6 Å². The van der Waals surface area contributed by atoms with E-state index in [1.54, 1.807) is 17.0 Å². The van der Waals surface area contributed by atoms with Crippen LogP contribution in [-0.4, -0.2) is 54.0 Å². The van der Waals surface area contributed by atoms with Gasteiger partial charge in [-0.15, -0.1) is 5.10 Å². The molecule has 0 saturated carbocycles. The van der Waals surface area contributed by atoms with Crippen LogP contribution < -0.4 is 4.90 Å². The van der Waals surface area contributed by atoms with Crippen molar-refractivity contribution in [1.82, 2.24) is 19.1 Å². The van der Waals surface area contributed by atoms with Crippen molar-refractivity contribution in [2.75, 3.05) is 25.5 Å². The highest BCUT2D eigenvalue weighted by atomic mass is 32.2. The number of rotatable bonds is 4. The lowest BCUT2D eigenvalue weighted by Crippen LogP contribution is -2.38. The quantitative estimate of drug-likeness (QED) is 0.765. The molecule has 136 valence electrons. The normalized spacial score (nSPS) is 14.2. The fourth-order valence-corrected chi connectivity index (χ4v) is 3.80. The summed E-state index contributed by atoms with van der Waals surface area (Å²) >= 11 is 0. The molecule has 0 radical (unpaired) electrons. The van der Waals surface area contributed by atoms with Crippen molar-refractivity contribution in [2.24, 2.45) is 0 Å². The number of carbonyl (C=O) groups is 1. The monoisotopic (exact) mass is 374 g/mol. The number of carbonyl (C=O) groups excluding carboxylic acids is 1. The molecule has 0 fully saturated rings. The van der Waals surface area contributed by atoms with Gasteiger partial charge in [-0.25, -0.2) is 22.4 Å². The average Bonchev–Trinajstić information content (AvgIpc) is 3.08. The second-order valence-corrected chi connectivity index (χ2v) is 8.26. The molecule has 0 unspecified atom stereocenters. The highest BCUT2D eigenvalue weighted by Gasteiger charge is 2.26. The first-order chi connectivity index (χ1) is 12.3. The van der Waals surface area contributed by atoms with Gasteiger partial charge in [0.2, 0.25) is 15.9 Å². The van der Waals surface area contributed by atoms with Crippen LogP contribution in [0, 0.1) is 11.3 Å². The summed E-state index contributed by atoms with van der Waals surface area (Å²) in [6, 6.07) is 6.64. The minimum atomic E-state index is -3.52. The van der Waals surface area contributed by atoms with Crippen LogP contribution in [0.25, 0.3) is 0 Å². The number of aromatic nitrogens is 3. The van der Waals surface area contributed by atoms with Crippen molar-refractivity contribution < 1.29 is 13.2 Å². The van der Waals surface area contributed by atoms with Crippen molar-refractivity contribution in [3.05, 3.63) is 35.9 Å². The first kappa shape index (κ1) is 18.0. The number of nitriles is 1. The van der Waals surface area contributed by atoms with Gasteiger partial charge in [-0.3, -0.25) is 4.79 Å². The van der Waals surface area contributed by atoms with Crippen molar-refractivity contribution in [1.29, 1.82) is 5.26 Å². The van der Waals surface area contributed by atoms with Gasteiger partial charge >= 0.3 is 0 Å². The van der Waals surface area contributed by atoms with E-state index in [4.69, 9.17) is 5.26 Å². The third-order valence-corrected chi connectivity index (χ3v) is 5.99. The van der Waals surface area contributed by atoms with E-state index in [0.717, 1.165) is 16.3 Å². The van der Waals surface area contributed by atoms with Gasteiger partial charge in [0.05, 0.1) is 4.90 Å². The Morgan fingerprint density at radius 2 is 2.15 bits per heavy atom. The maximum absolute atomic E-state index is 12.6. The van der Waals surface area contributed by atoms with Crippen molar-refractivity contribution in [3.63, 3.8) is 0 Å². The standard InChI is InChI=1S/C16H18N6O3S/c1-20(2)26(24,25)13-5-6-14-12(8-13)4-3-7-22(14)16(23)10-21-11-18-15(9-17)19-21/h5-6,8,11H,3-4,7,10H2,1-2H3. The third kappa shape index (κ3) is 3.31. The van der Waals surface area contributed by atoms with Gasteiger partial charge in [0.15, 0.2) is 0 Å². The Balaban J connectivity index is 1.87. The first-order valence-corrected chi connectivity index (χ1v) is 9.42. The summed E-state index contributed by atoms with van der Waals surface area (Å²) in [6.07, 6.45) is 2.79. The Labute approximate surface area is 151 Å². The van der Waals surface area contributed by atoms with Gasteiger partial charge < -0.3 is 4.90 Å². The second kappa shape index (κ2) is 6.86. The minimum Gasteiger partial charge on any atom is -0.311 e. The summed E-state index contributed by atoms with van der Waals surface area (Å²) in [6.45, 7) is 0.511. The van der Waals surface area contributed by atoms with Crippen LogP contribution in [0.2, 0.25) is 0 Å².